The maximum Gasteiger partial charge on any atom is 0.387 e. The molecule has 2 bridgehead atoms. The van der Waals surface area contributed by atoms with Gasteiger partial charge < -0.3 is 25.0 Å². The molecule has 0 amide bonds. The zero-order valence-corrected chi connectivity index (χ0v) is 20.2. The highest BCUT2D eigenvalue weighted by Gasteiger charge is 2.36. The normalized spacial score (nSPS) is 24.2. The van der Waals surface area contributed by atoms with Gasteiger partial charge in [-0.15, -0.1) is 24.0 Å². The van der Waals surface area contributed by atoms with E-state index in [0.717, 1.165) is 19.4 Å². The van der Waals surface area contributed by atoms with Crippen LogP contribution in [0.1, 0.15) is 44.6 Å². The van der Waals surface area contributed by atoms with Crippen LogP contribution in [0.3, 0.4) is 0 Å². The number of ether oxygens (including phenoxy) is 2. The lowest BCUT2D eigenvalue weighted by Gasteiger charge is -2.47. The van der Waals surface area contributed by atoms with Gasteiger partial charge in [0, 0.05) is 36.3 Å². The van der Waals surface area contributed by atoms with E-state index in [4.69, 9.17) is 4.74 Å². The number of rotatable bonds is 7. The van der Waals surface area contributed by atoms with Gasteiger partial charge in [-0.1, -0.05) is 6.42 Å². The van der Waals surface area contributed by atoms with Crippen molar-refractivity contribution >= 4 is 29.9 Å². The fraction of sp³-hybridized carbons (Fsp3) is 0.667. The minimum atomic E-state index is -2.89. The monoisotopic (exact) mass is 538 g/mol. The molecule has 2 N–H and O–H groups in total. The molecule has 0 radical (unpaired) electrons. The van der Waals surface area contributed by atoms with Crippen molar-refractivity contribution in [2.45, 2.75) is 70.3 Å². The molecule has 2 aliphatic heterocycles. The lowest BCUT2D eigenvalue weighted by Crippen LogP contribution is -2.56. The molecule has 2 heterocycles. The van der Waals surface area contributed by atoms with Gasteiger partial charge in [-0.05, 0) is 51.8 Å². The second kappa shape index (κ2) is 11.9. The van der Waals surface area contributed by atoms with Crippen molar-refractivity contribution in [3.8, 4) is 11.5 Å². The predicted octanol–water partition coefficient (Wildman–Crippen LogP) is 3.99. The summed E-state index contributed by atoms with van der Waals surface area (Å²) in [5, 5.41) is 6.83. The third-order valence-electron chi connectivity index (χ3n) is 5.92. The van der Waals surface area contributed by atoms with Gasteiger partial charge >= 0.3 is 6.61 Å². The van der Waals surface area contributed by atoms with Crippen LogP contribution in [0.5, 0.6) is 11.5 Å². The van der Waals surface area contributed by atoms with E-state index < -0.39 is 6.61 Å². The van der Waals surface area contributed by atoms with E-state index in [2.05, 4.69) is 32.3 Å². The molecule has 0 aromatic heterocycles. The van der Waals surface area contributed by atoms with Crippen molar-refractivity contribution in [3.63, 3.8) is 0 Å². The van der Waals surface area contributed by atoms with Crippen LogP contribution in [0.2, 0.25) is 0 Å². The Morgan fingerprint density at radius 3 is 2.57 bits per heavy atom. The van der Waals surface area contributed by atoms with E-state index >= 15 is 0 Å². The number of halogens is 3. The Hall–Kier alpha value is -1.36. The van der Waals surface area contributed by atoms with E-state index in [0.29, 0.717) is 35.4 Å². The van der Waals surface area contributed by atoms with Crippen LogP contribution < -0.4 is 20.1 Å². The third-order valence-corrected chi connectivity index (χ3v) is 5.92. The first-order valence-corrected chi connectivity index (χ1v) is 10.4. The Bertz CT molecular complexity index is 694. The summed E-state index contributed by atoms with van der Waals surface area (Å²) in [6.45, 7) is 0.0870. The molecule has 9 heteroatoms. The average Bonchev–Trinajstić information content (AvgIpc) is 2.67. The SMILES string of the molecule is CCNC(=NCc1ccc(OC)cc1OC(F)F)NC1CC2CCCC(C1)N2C.I. The lowest BCUT2D eigenvalue weighted by atomic mass is 9.82. The Labute approximate surface area is 194 Å². The zero-order valence-electron chi connectivity index (χ0n) is 17.9. The minimum absolute atomic E-state index is 0. The topological polar surface area (TPSA) is 58.1 Å². The molecule has 2 aliphatic rings. The van der Waals surface area contributed by atoms with E-state index in [1.165, 1.54) is 32.4 Å². The number of guanidine groups is 1. The number of hydrogen-bond donors (Lipinski definition) is 2. The van der Waals surface area contributed by atoms with Crippen LogP contribution in [0.15, 0.2) is 23.2 Å². The Morgan fingerprint density at radius 1 is 1.27 bits per heavy atom. The van der Waals surface area contributed by atoms with Crippen LogP contribution >= 0.6 is 24.0 Å². The molecule has 3 rings (SSSR count). The third kappa shape index (κ3) is 6.57. The smallest absolute Gasteiger partial charge is 0.387 e. The number of aliphatic imine (C=N–C) groups is 1. The fourth-order valence-corrected chi connectivity index (χ4v) is 4.41. The highest BCUT2D eigenvalue weighted by molar-refractivity contribution is 14.0. The first kappa shape index (κ1) is 24.9. The number of methoxy groups -OCH3 is 1. The summed E-state index contributed by atoms with van der Waals surface area (Å²) >= 11 is 0. The Balaban J connectivity index is 0.00000320. The molecular formula is C21H33F2IN4O2. The maximum atomic E-state index is 12.8. The molecule has 1 aromatic carbocycles. The highest BCUT2D eigenvalue weighted by Crippen LogP contribution is 2.32. The summed E-state index contributed by atoms with van der Waals surface area (Å²) in [5.74, 6) is 1.27. The number of nitrogens with zero attached hydrogens (tertiary/aromatic N) is 2. The number of hydrogen-bond acceptors (Lipinski definition) is 4. The first-order valence-electron chi connectivity index (χ1n) is 10.4. The number of fused-ring (bicyclic) bond motifs is 2. The molecule has 0 saturated carbocycles. The molecule has 6 nitrogen and oxygen atoms in total. The van der Waals surface area contributed by atoms with Gasteiger partial charge in [0.1, 0.15) is 11.5 Å². The van der Waals surface area contributed by atoms with E-state index in [1.807, 2.05) is 6.92 Å². The summed E-state index contributed by atoms with van der Waals surface area (Å²) < 4.78 is 35.3. The maximum absolute atomic E-state index is 12.8. The molecule has 0 aliphatic carbocycles. The van der Waals surface area contributed by atoms with Gasteiger partial charge in [-0.3, -0.25) is 0 Å². The fourth-order valence-electron chi connectivity index (χ4n) is 4.41. The van der Waals surface area contributed by atoms with Gasteiger partial charge in [-0.2, -0.15) is 8.78 Å². The van der Waals surface area contributed by atoms with Crippen molar-refractivity contribution in [2.24, 2.45) is 4.99 Å². The quantitative estimate of drug-likeness (QED) is 0.313. The van der Waals surface area contributed by atoms with Crippen LogP contribution in [0.25, 0.3) is 0 Å². The van der Waals surface area contributed by atoms with Gasteiger partial charge in [0.15, 0.2) is 5.96 Å². The molecule has 30 heavy (non-hydrogen) atoms. The highest BCUT2D eigenvalue weighted by atomic mass is 127. The van der Waals surface area contributed by atoms with Crippen molar-refractivity contribution in [1.82, 2.24) is 15.5 Å². The molecular weight excluding hydrogens is 505 g/mol. The van der Waals surface area contributed by atoms with Crippen LogP contribution in [0, 0.1) is 0 Å². The average molecular weight is 538 g/mol. The standard InChI is InChI=1S/C21H32F2N4O2.HI/c1-4-24-21(26-15-10-16-6-5-7-17(11-15)27(16)2)25-13-14-8-9-18(28-3)12-19(14)29-20(22)23;/h8-9,12,15-17,20H,4-7,10-11,13H2,1-3H3,(H2,24,25,26);1H. The second-order valence-corrected chi connectivity index (χ2v) is 7.76. The van der Waals surface area contributed by atoms with Crippen LogP contribution in [0.4, 0.5) is 8.78 Å². The lowest BCUT2D eigenvalue weighted by molar-refractivity contribution is -0.0505. The van der Waals surface area contributed by atoms with Crippen LogP contribution in [-0.2, 0) is 6.54 Å². The van der Waals surface area contributed by atoms with Crippen molar-refractivity contribution in [1.29, 1.82) is 0 Å². The summed E-state index contributed by atoms with van der Waals surface area (Å²) in [6.07, 6.45) is 6.00. The summed E-state index contributed by atoms with van der Waals surface area (Å²) in [6, 6.07) is 6.51. The molecule has 2 atom stereocenters. The van der Waals surface area contributed by atoms with Crippen molar-refractivity contribution < 1.29 is 18.3 Å². The zero-order chi connectivity index (χ0) is 20.8. The Kier molecular flexibility index (Phi) is 9.86. The molecule has 2 saturated heterocycles. The Morgan fingerprint density at radius 2 is 1.97 bits per heavy atom. The second-order valence-electron chi connectivity index (χ2n) is 7.76. The largest absolute Gasteiger partial charge is 0.497 e. The molecule has 1 aromatic rings. The molecule has 170 valence electrons. The van der Waals surface area contributed by atoms with Crippen LogP contribution in [-0.4, -0.2) is 56.3 Å². The predicted molar refractivity (Wildman–Crippen MR) is 125 cm³/mol. The number of alkyl halides is 2. The van der Waals surface area contributed by atoms with Gasteiger partial charge in [0.25, 0.3) is 0 Å². The summed E-state index contributed by atoms with van der Waals surface area (Å²) in [5.41, 5.74) is 0.587. The van der Waals surface area contributed by atoms with E-state index in [1.54, 1.807) is 12.1 Å². The summed E-state index contributed by atoms with van der Waals surface area (Å²) in [7, 11) is 3.72. The number of piperidine rings is 2. The summed E-state index contributed by atoms with van der Waals surface area (Å²) in [4.78, 5) is 7.15. The van der Waals surface area contributed by atoms with Crippen molar-refractivity contribution in [2.75, 3.05) is 20.7 Å². The van der Waals surface area contributed by atoms with E-state index in [9.17, 15) is 8.78 Å². The first-order chi connectivity index (χ1) is 14.0. The van der Waals surface area contributed by atoms with Crippen molar-refractivity contribution in [3.05, 3.63) is 23.8 Å². The van der Waals surface area contributed by atoms with Gasteiger partial charge in [0.05, 0.1) is 13.7 Å². The van der Waals surface area contributed by atoms with Gasteiger partial charge in [0.2, 0.25) is 0 Å². The molecule has 0 spiro atoms. The molecule has 2 fully saturated rings. The minimum Gasteiger partial charge on any atom is -0.497 e. The van der Waals surface area contributed by atoms with E-state index in [-0.39, 0.29) is 36.3 Å². The number of benzene rings is 1. The molecule has 2 unspecified atom stereocenters. The number of nitrogens with one attached hydrogen (secondary N) is 2. The van der Waals surface area contributed by atoms with Gasteiger partial charge in [-0.25, -0.2) is 4.99 Å².